The van der Waals surface area contributed by atoms with Crippen molar-refractivity contribution in [3.63, 3.8) is 0 Å². The summed E-state index contributed by atoms with van der Waals surface area (Å²) in [6.45, 7) is 3.99. The fourth-order valence-corrected chi connectivity index (χ4v) is 0.394. The van der Waals surface area contributed by atoms with E-state index in [1.54, 1.807) is 0 Å². The van der Waals surface area contributed by atoms with E-state index in [9.17, 15) is 0 Å². The highest BCUT2D eigenvalue weighted by Crippen LogP contribution is 1.93. The maximum absolute atomic E-state index is 8.13. The fraction of sp³-hybridized carbons (Fsp3) is 0.375. The lowest BCUT2D eigenvalue weighted by molar-refractivity contribution is 1.34. The van der Waals surface area contributed by atoms with Crippen LogP contribution >= 0.6 is 0 Å². The standard InChI is InChI=1S/C8H11N/c1-3-8(2)6-4-5-7-9/h3-4,6H,5H2,1-2H3/b6-4-,8-3-. The Kier molecular flexibility index (Phi) is 4.53. The van der Waals surface area contributed by atoms with Gasteiger partial charge in [0.1, 0.15) is 0 Å². The highest BCUT2D eigenvalue weighted by molar-refractivity contribution is 5.15. The van der Waals surface area contributed by atoms with Crippen LogP contribution in [0.3, 0.4) is 0 Å². The van der Waals surface area contributed by atoms with Gasteiger partial charge in [-0.2, -0.15) is 5.26 Å². The highest BCUT2D eigenvalue weighted by atomic mass is 14.2. The Morgan fingerprint density at radius 3 is 2.78 bits per heavy atom. The van der Waals surface area contributed by atoms with E-state index in [0.717, 1.165) is 0 Å². The van der Waals surface area contributed by atoms with E-state index in [1.807, 2.05) is 38.1 Å². The molecular weight excluding hydrogens is 110 g/mol. The average Bonchev–Trinajstić information content (AvgIpc) is 1.89. The fourth-order valence-electron chi connectivity index (χ4n) is 0.394. The van der Waals surface area contributed by atoms with Gasteiger partial charge in [0.25, 0.3) is 0 Å². The molecule has 0 aromatic carbocycles. The van der Waals surface area contributed by atoms with E-state index in [1.165, 1.54) is 5.57 Å². The van der Waals surface area contributed by atoms with Crippen LogP contribution in [0.1, 0.15) is 20.3 Å². The maximum Gasteiger partial charge on any atom is 0.0663 e. The summed E-state index contributed by atoms with van der Waals surface area (Å²) in [5, 5.41) is 8.13. The molecule has 0 radical (unpaired) electrons. The van der Waals surface area contributed by atoms with Crippen molar-refractivity contribution in [2.45, 2.75) is 20.3 Å². The zero-order chi connectivity index (χ0) is 7.11. The Morgan fingerprint density at radius 2 is 2.33 bits per heavy atom. The lowest BCUT2D eigenvalue weighted by Crippen LogP contribution is -1.64. The minimum atomic E-state index is 0.505. The molecule has 0 N–H and O–H groups in total. The summed E-state index contributed by atoms with van der Waals surface area (Å²) in [6, 6.07) is 2.03. The molecule has 0 aliphatic heterocycles. The molecule has 0 saturated heterocycles. The predicted octanol–water partition coefficient (Wildman–Crippen LogP) is 2.42. The minimum Gasteiger partial charge on any atom is -0.198 e. The van der Waals surface area contributed by atoms with Crippen LogP contribution in [0.5, 0.6) is 0 Å². The summed E-state index contributed by atoms with van der Waals surface area (Å²) >= 11 is 0. The van der Waals surface area contributed by atoms with Gasteiger partial charge in [-0.1, -0.05) is 23.8 Å². The molecular formula is C8H11N. The zero-order valence-electron chi connectivity index (χ0n) is 5.89. The molecule has 0 rings (SSSR count). The van der Waals surface area contributed by atoms with Crippen LogP contribution in [-0.2, 0) is 0 Å². The summed E-state index contributed by atoms with van der Waals surface area (Å²) in [5.74, 6) is 0. The first-order valence-electron chi connectivity index (χ1n) is 2.97. The van der Waals surface area contributed by atoms with Gasteiger partial charge in [-0.25, -0.2) is 0 Å². The van der Waals surface area contributed by atoms with Crippen molar-refractivity contribution < 1.29 is 0 Å². The zero-order valence-corrected chi connectivity index (χ0v) is 5.89. The second-order valence-corrected chi connectivity index (χ2v) is 1.80. The van der Waals surface area contributed by atoms with Crippen molar-refractivity contribution in [2.24, 2.45) is 0 Å². The van der Waals surface area contributed by atoms with Crippen molar-refractivity contribution in [2.75, 3.05) is 0 Å². The number of rotatable bonds is 2. The first-order chi connectivity index (χ1) is 4.31. The molecule has 0 aromatic rings. The van der Waals surface area contributed by atoms with E-state index >= 15 is 0 Å². The number of nitrogens with zero attached hydrogens (tertiary/aromatic N) is 1. The lowest BCUT2D eigenvalue weighted by Gasteiger charge is -1.83. The van der Waals surface area contributed by atoms with Crippen LogP contribution in [-0.4, -0.2) is 0 Å². The first-order valence-corrected chi connectivity index (χ1v) is 2.97. The Bertz CT molecular complexity index is 158. The molecule has 0 atom stereocenters. The number of hydrogen-bond donors (Lipinski definition) is 0. The molecule has 9 heavy (non-hydrogen) atoms. The van der Waals surface area contributed by atoms with Crippen molar-refractivity contribution in [1.29, 1.82) is 5.26 Å². The summed E-state index contributed by atoms with van der Waals surface area (Å²) in [4.78, 5) is 0. The van der Waals surface area contributed by atoms with Crippen LogP contribution in [0.25, 0.3) is 0 Å². The maximum atomic E-state index is 8.13. The Hall–Kier alpha value is -1.03. The molecule has 1 heteroatoms. The molecule has 48 valence electrons. The molecule has 0 aromatic heterocycles. The summed E-state index contributed by atoms with van der Waals surface area (Å²) in [7, 11) is 0. The van der Waals surface area contributed by atoms with E-state index in [2.05, 4.69) is 0 Å². The van der Waals surface area contributed by atoms with Gasteiger partial charge in [0, 0.05) is 0 Å². The third-order valence-electron chi connectivity index (χ3n) is 1.05. The third kappa shape index (κ3) is 4.83. The number of allylic oxidation sites excluding steroid dienone is 4. The molecule has 0 aliphatic rings. The minimum absolute atomic E-state index is 0.505. The summed E-state index contributed by atoms with van der Waals surface area (Å²) in [5.41, 5.74) is 1.20. The second-order valence-electron chi connectivity index (χ2n) is 1.80. The van der Waals surface area contributed by atoms with Crippen molar-refractivity contribution in [3.05, 3.63) is 23.8 Å². The van der Waals surface area contributed by atoms with E-state index in [0.29, 0.717) is 6.42 Å². The molecule has 0 saturated carbocycles. The highest BCUT2D eigenvalue weighted by Gasteiger charge is 1.74. The van der Waals surface area contributed by atoms with Gasteiger partial charge < -0.3 is 0 Å². The molecule has 1 nitrogen and oxygen atoms in total. The molecule has 0 heterocycles. The number of hydrogen-bond acceptors (Lipinski definition) is 1. The third-order valence-corrected chi connectivity index (χ3v) is 1.05. The lowest BCUT2D eigenvalue weighted by atomic mass is 10.2. The van der Waals surface area contributed by atoms with Gasteiger partial charge in [-0.15, -0.1) is 0 Å². The quantitative estimate of drug-likeness (QED) is 0.515. The van der Waals surface area contributed by atoms with E-state index in [-0.39, 0.29) is 0 Å². The van der Waals surface area contributed by atoms with Gasteiger partial charge >= 0.3 is 0 Å². The van der Waals surface area contributed by atoms with Crippen LogP contribution in [0.4, 0.5) is 0 Å². The topological polar surface area (TPSA) is 23.8 Å². The predicted molar refractivity (Wildman–Crippen MR) is 38.8 cm³/mol. The van der Waals surface area contributed by atoms with Crippen LogP contribution in [0.15, 0.2) is 23.8 Å². The van der Waals surface area contributed by atoms with Gasteiger partial charge in [0.2, 0.25) is 0 Å². The monoisotopic (exact) mass is 121 g/mol. The Balaban J connectivity index is 3.61. The summed E-state index contributed by atoms with van der Waals surface area (Å²) < 4.78 is 0. The largest absolute Gasteiger partial charge is 0.198 e. The smallest absolute Gasteiger partial charge is 0.0663 e. The van der Waals surface area contributed by atoms with Crippen LogP contribution in [0.2, 0.25) is 0 Å². The SMILES string of the molecule is C/C=C(C)\C=C/CC#N. The molecule has 0 spiro atoms. The van der Waals surface area contributed by atoms with Gasteiger partial charge in [-0.05, 0) is 13.8 Å². The summed E-state index contributed by atoms with van der Waals surface area (Å²) in [6.07, 6.45) is 6.32. The van der Waals surface area contributed by atoms with Gasteiger partial charge in [0.05, 0.1) is 12.5 Å². The second kappa shape index (κ2) is 5.11. The van der Waals surface area contributed by atoms with Crippen molar-refractivity contribution >= 4 is 0 Å². The van der Waals surface area contributed by atoms with Gasteiger partial charge in [-0.3, -0.25) is 0 Å². The average molecular weight is 121 g/mol. The van der Waals surface area contributed by atoms with E-state index in [4.69, 9.17) is 5.26 Å². The number of nitriles is 1. The molecule has 0 bridgehead atoms. The van der Waals surface area contributed by atoms with Crippen LogP contribution < -0.4 is 0 Å². The molecule has 0 amide bonds. The molecule has 0 fully saturated rings. The Morgan fingerprint density at radius 1 is 1.67 bits per heavy atom. The molecule has 0 aliphatic carbocycles. The normalized spacial score (nSPS) is 11.9. The van der Waals surface area contributed by atoms with Crippen molar-refractivity contribution in [3.8, 4) is 6.07 Å². The Labute approximate surface area is 56.3 Å². The molecule has 0 unspecified atom stereocenters. The van der Waals surface area contributed by atoms with Crippen LogP contribution in [0, 0.1) is 11.3 Å². The van der Waals surface area contributed by atoms with E-state index < -0.39 is 0 Å². The van der Waals surface area contributed by atoms with Gasteiger partial charge in [0.15, 0.2) is 0 Å². The van der Waals surface area contributed by atoms with Crippen molar-refractivity contribution in [1.82, 2.24) is 0 Å². The first kappa shape index (κ1) is 7.97.